The first-order chi connectivity index (χ1) is 15.7. The van der Waals surface area contributed by atoms with Crippen molar-refractivity contribution in [2.45, 2.75) is 6.54 Å². The first-order valence-electron chi connectivity index (χ1n) is 10.9. The summed E-state index contributed by atoms with van der Waals surface area (Å²) in [5.41, 5.74) is 4.59. The van der Waals surface area contributed by atoms with E-state index in [-0.39, 0.29) is 5.91 Å². The number of nitrogens with zero attached hydrogens (tertiary/aromatic N) is 3. The predicted octanol–water partition coefficient (Wildman–Crippen LogP) is 4.18. The number of para-hydroxylation sites is 1. The molecule has 1 aliphatic rings. The van der Waals surface area contributed by atoms with E-state index in [1.165, 1.54) is 5.69 Å². The van der Waals surface area contributed by atoms with Crippen molar-refractivity contribution in [3.05, 3.63) is 83.9 Å². The zero-order chi connectivity index (χ0) is 21.9. The van der Waals surface area contributed by atoms with E-state index in [0.29, 0.717) is 17.9 Å². The summed E-state index contributed by atoms with van der Waals surface area (Å²) in [6.45, 7) is 4.56. The predicted molar refractivity (Wildman–Crippen MR) is 127 cm³/mol. The highest BCUT2D eigenvalue weighted by molar-refractivity contribution is 6.01. The molecule has 0 bridgehead atoms. The van der Waals surface area contributed by atoms with E-state index in [0.717, 1.165) is 48.2 Å². The van der Waals surface area contributed by atoms with Gasteiger partial charge in [0.2, 0.25) is 0 Å². The lowest BCUT2D eigenvalue weighted by molar-refractivity contribution is 0.0951. The summed E-state index contributed by atoms with van der Waals surface area (Å²) in [6, 6.07) is 23.6. The third-order valence-electron chi connectivity index (χ3n) is 6.05. The van der Waals surface area contributed by atoms with E-state index >= 15 is 0 Å². The highest BCUT2D eigenvalue weighted by Crippen LogP contribution is 2.29. The van der Waals surface area contributed by atoms with Crippen LogP contribution in [0.15, 0.2) is 77.3 Å². The maximum absolute atomic E-state index is 13.0. The number of likely N-dealkylation sites (N-methyl/N-ethyl adjacent to an activating group) is 1. The van der Waals surface area contributed by atoms with Crippen LogP contribution in [0.1, 0.15) is 15.9 Å². The molecule has 3 aromatic carbocycles. The molecule has 0 aliphatic carbocycles. The summed E-state index contributed by atoms with van der Waals surface area (Å²) in [7, 11) is 2.15. The van der Waals surface area contributed by atoms with Crippen molar-refractivity contribution in [3.63, 3.8) is 0 Å². The molecule has 1 fully saturated rings. The zero-order valence-electron chi connectivity index (χ0n) is 18.1. The second kappa shape index (κ2) is 8.85. The summed E-state index contributed by atoms with van der Waals surface area (Å²) >= 11 is 0. The number of hydrogen-bond acceptors (Lipinski definition) is 5. The van der Waals surface area contributed by atoms with Crippen molar-refractivity contribution >= 4 is 22.5 Å². The van der Waals surface area contributed by atoms with Gasteiger partial charge in [0, 0.05) is 49.5 Å². The van der Waals surface area contributed by atoms with Crippen molar-refractivity contribution in [2.75, 3.05) is 38.1 Å². The fourth-order valence-electron chi connectivity index (χ4n) is 4.17. The van der Waals surface area contributed by atoms with Crippen LogP contribution < -0.4 is 10.2 Å². The fraction of sp³-hybridized carbons (Fsp3) is 0.231. The Morgan fingerprint density at radius 1 is 0.969 bits per heavy atom. The number of nitrogens with one attached hydrogen (secondary N) is 1. The number of aromatic nitrogens is 1. The van der Waals surface area contributed by atoms with Crippen LogP contribution in [0.25, 0.3) is 22.2 Å². The van der Waals surface area contributed by atoms with E-state index in [9.17, 15) is 4.79 Å². The molecule has 162 valence electrons. The summed E-state index contributed by atoms with van der Waals surface area (Å²) in [5, 5.41) is 8.07. The Bertz CT molecular complexity index is 1230. The van der Waals surface area contributed by atoms with Crippen molar-refractivity contribution in [2.24, 2.45) is 0 Å². The molecule has 1 aliphatic heterocycles. The minimum absolute atomic E-state index is 0.111. The Kier molecular flexibility index (Phi) is 5.60. The normalized spacial score (nSPS) is 14.6. The van der Waals surface area contributed by atoms with Crippen molar-refractivity contribution in [3.8, 4) is 11.3 Å². The van der Waals surface area contributed by atoms with E-state index in [1.807, 2.05) is 48.5 Å². The Labute approximate surface area is 187 Å². The Hall–Kier alpha value is -3.64. The summed E-state index contributed by atoms with van der Waals surface area (Å²) in [4.78, 5) is 17.7. The molecule has 0 saturated carbocycles. The molecular weight excluding hydrogens is 400 g/mol. The first kappa shape index (κ1) is 20.3. The summed E-state index contributed by atoms with van der Waals surface area (Å²) < 4.78 is 5.56. The largest absolute Gasteiger partial charge is 0.369 e. The molecule has 1 amide bonds. The van der Waals surface area contributed by atoms with Gasteiger partial charge in [0.1, 0.15) is 5.52 Å². The smallest absolute Gasteiger partial charge is 0.251 e. The number of rotatable bonds is 5. The van der Waals surface area contributed by atoms with Crippen LogP contribution in [0.4, 0.5) is 5.69 Å². The Morgan fingerprint density at radius 2 is 1.72 bits per heavy atom. The van der Waals surface area contributed by atoms with Gasteiger partial charge < -0.3 is 19.6 Å². The van der Waals surface area contributed by atoms with Crippen LogP contribution in [-0.2, 0) is 6.54 Å². The molecule has 1 N–H and O–H groups in total. The fourth-order valence-corrected chi connectivity index (χ4v) is 4.17. The van der Waals surface area contributed by atoms with Gasteiger partial charge in [-0.15, -0.1) is 0 Å². The lowest BCUT2D eigenvalue weighted by atomic mass is 10.1. The first-order valence-corrected chi connectivity index (χ1v) is 10.9. The Morgan fingerprint density at radius 3 is 2.53 bits per heavy atom. The molecule has 0 unspecified atom stereocenters. The lowest BCUT2D eigenvalue weighted by Gasteiger charge is -2.35. The average molecular weight is 427 g/mol. The van der Waals surface area contributed by atoms with Crippen LogP contribution >= 0.6 is 0 Å². The number of carbonyl (C=O) groups is 1. The number of hydrogen-bond donors (Lipinski definition) is 1. The van der Waals surface area contributed by atoms with Crippen LogP contribution in [0, 0.1) is 0 Å². The van der Waals surface area contributed by atoms with Gasteiger partial charge in [-0.05, 0) is 36.9 Å². The second-order valence-corrected chi connectivity index (χ2v) is 8.21. The molecule has 4 aromatic rings. The van der Waals surface area contributed by atoms with Gasteiger partial charge in [0.05, 0.1) is 5.39 Å². The standard InChI is InChI=1S/C26H26N4O2/c1-29-13-15-30(16-14-29)24-10-6-5-9-21(24)18-27-26(31)20-11-12-23-22(17-20)25(32-28-23)19-7-3-2-4-8-19/h2-12,17H,13-16,18H2,1H3,(H,27,31). The average Bonchev–Trinajstić information content (AvgIpc) is 3.27. The van der Waals surface area contributed by atoms with Gasteiger partial charge in [0.25, 0.3) is 5.91 Å². The minimum Gasteiger partial charge on any atom is -0.369 e. The number of benzene rings is 3. The van der Waals surface area contributed by atoms with Crippen LogP contribution in [0.5, 0.6) is 0 Å². The number of fused-ring (bicyclic) bond motifs is 1. The molecule has 6 heteroatoms. The van der Waals surface area contributed by atoms with Crippen LogP contribution in [-0.4, -0.2) is 49.2 Å². The van der Waals surface area contributed by atoms with E-state index in [2.05, 4.69) is 45.5 Å². The van der Waals surface area contributed by atoms with Gasteiger partial charge in [0.15, 0.2) is 5.76 Å². The summed E-state index contributed by atoms with van der Waals surface area (Å²) in [5.74, 6) is 0.566. The third kappa shape index (κ3) is 4.09. The molecule has 1 aromatic heterocycles. The monoisotopic (exact) mass is 426 g/mol. The van der Waals surface area contributed by atoms with Crippen molar-refractivity contribution in [1.82, 2.24) is 15.4 Å². The molecule has 1 saturated heterocycles. The van der Waals surface area contributed by atoms with Gasteiger partial charge in [-0.1, -0.05) is 53.7 Å². The third-order valence-corrected chi connectivity index (χ3v) is 6.05. The quantitative estimate of drug-likeness (QED) is 0.519. The number of anilines is 1. The zero-order valence-corrected chi connectivity index (χ0v) is 18.1. The molecule has 6 nitrogen and oxygen atoms in total. The molecular formula is C26H26N4O2. The minimum atomic E-state index is -0.111. The van der Waals surface area contributed by atoms with Gasteiger partial charge >= 0.3 is 0 Å². The van der Waals surface area contributed by atoms with E-state index < -0.39 is 0 Å². The van der Waals surface area contributed by atoms with Gasteiger partial charge in [-0.2, -0.15) is 0 Å². The molecule has 0 radical (unpaired) electrons. The Balaban J connectivity index is 1.34. The van der Waals surface area contributed by atoms with Crippen LogP contribution in [0.2, 0.25) is 0 Å². The molecule has 5 rings (SSSR count). The number of amides is 1. The highest BCUT2D eigenvalue weighted by atomic mass is 16.5. The van der Waals surface area contributed by atoms with Crippen molar-refractivity contribution < 1.29 is 9.32 Å². The second-order valence-electron chi connectivity index (χ2n) is 8.21. The highest BCUT2D eigenvalue weighted by Gasteiger charge is 2.18. The van der Waals surface area contributed by atoms with E-state index in [4.69, 9.17) is 4.52 Å². The molecule has 0 atom stereocenters. The molecule has 32 heavy (non-hydrogen) atoms. The molecule has 2 heterocycles. The topological polar surface area (TPSA) is 61.6 Å². The van der Waals surface area contributed by atoms with Gasteiger partial charge in [-0.25, -0.2) is 0 Å². The van der Waals surface area contributed by atoms with Crippen LogP contribution in [0.3, 0.4) is 0 Å². The maximum atomic E-state index is 13.0. The summed E-state index contributed by atoms with van der Waals surface area (Å²) in [6.07, 6.45) is 0. The number of carbonyl (C=O) groups excluding carboxylic acids is 1. The van der Waals surface area contributed by atoms with E-state index in [1.54, 1.807) is 6.07 Å². The lowest BCUT2D eigenvalue weighted by Crippen LogP contribution is -2.45. The SMILES string of the molecule is CN1CCN(c2ccccc2CNC(=O)c2ccc3noc(-c4ccccc4)c3c2)CC1. The maximum Gasteiger partial charge on any atom is 0.251 e. The molecule has 0 spiro atoms. The van der Waals surface area contributed by atoms with Gasteiger partial charge in [-0.3, -0.25) is 4.79 Å². The van der Waals surface area contributed by atoms with Crippen molar-refractivity contribution in [1.29, 1.82) is 0 Å². The number of piperazine rings is 1.